The molecule has 0 heterocycles. The van der Waals surface area contributed by atoms with Crippen molar-refractivity contribution in [1.82, 2.24) is 0 Å². The Morgan fingerprint density at radius 2 is 1.29 bits per heavy atom. The van der Waals surface area contributed by atoms with Crippen molar-refractivity contribution in [2.24, 2.45) is 9.98 Å². The van der Waals surface area contributed by atoms with E-state index in [1.165, 1.54) is 22.8 Å². The molecule has 0 aromatic carbocycles. The van der Waals surface area contributed by atoms with Gasteiger partial charge in [-0.25, -0.2) is 0 Å². The topological polar surface area (TPSA) is 58.9 Å². The van der Waals surface area contributed by atoms with Gasteiger partial charge in [0.15, 0.2) is 0 Å². The Labute approximate surface area is 94.5 Å². The van der Waals surface area contributed by atoms with Gasteiger partial charge in [0.05, 0.1) is 0 Å². The predicted molar refractivity (Wildman–Crippen MR) is 56.3 cm³/mol. The normalized spacial score (nSPS) is 8.86. The van der Waals surface area contributed by atoms with Crippen LogP contribution in [0.3, 0.4) is 0 Å². The van der Waals surface area contributed by atoms with E-state index in [0.717, 1.165) is 12.8 Å². The van der Waals surface area contributed by atoms with E-state index in [-0.39, 0.29) is 0 Å². The van der Waals surface area contributed by atoms with Crippen LogP contribution in [0, 0.1) is 0 Å². The van der Waals surface area contributed by atoms with Gasteiger partial charge >= 0.3 is 94.6 Å². The summed E-state index contributed by atoms with van der Waals surface area (Å²) >= 11 is 1.41. The van der Waals surface area contributed by atoms with Crippen LogP contribution in [0.5, 0.6) is 0 Å². The fraction of sp³-hybridized carbons (Fsp3) is 0.750. The van der Waals surface area contributed by atoms with Crippen LogP contribution in [-0.4, -0.2) is 51.5 Å². The van der Waals surface area contributed by atoms with Crippen LogP contribution in [-0.2, 0) is 9.59 Å². The molecule has 0 amide bonds. The van der Waals surface area contributed by atoms with Gasteiger partial charge in [-0.05, 0) is 0 Å². The number of isocyanates is 2. The summed E-state index contributed by atoms with van der Waals surface area (Å²) < 4.78 is 0. The van der Waals surface area contributed by atoms with Crippen molar-refractivity contribution in [3.05, 3.63) is 0 Å². The number of rotatable bonds is 9. The second kappa shape index (κ2) is 12.8. The minimum atomic E-state index is 0.622. The van der Waals surface area contributed by atoms with Gasteiger partial charge in [-0.1, -0.05) is 0 Å². The van der Waals surface area contributed by atoms with Crippen LogP contribution in [0.2, 0.25) is 10.6 Å². The summed E-state index contributed by atoms with van der Waals surface area (Å²) in [6, 6.07) is 0. The fourth-order valence-electron chi connectivity index (χ4n) is 0.614. The molecule has 0 aliphatic heterocycles. The maximum absolute atomic E-state index is 9.72. The zero-order valence-corrected chi connectivity index (χ0v) is 11.2. The van der Waals surface area contributed by atoms with Gasteiger partial charge in [0.2, 0.25) is 0 Å². The van der Waals surface area contributed by atoms with Gasteiger partial charge in [-0.2, -0.15) is 0 Å². The molecule has 0 bridgehead atoms. The summed E-state index contributed by atoms with van der Waals surface area (Å²) in [6.45, 7) is 1.24. The first-order valence-corrected chi connectivity index (χ1v) is 11.0. The van der Waals surface area contributed by atoms with Crippen molar-refractivity contribution in [2.75, 3.05) is 13.1 Å². The Balaban J connectivity index is 2.98. The summed E-state index contributed by atoms with van der Waals surface area (Å²) in [5.74, 6) is 0. The number of hydrogen-bond donors (Lipinski definition) is 0. The van der Waals surface area contributed by atoms with Crippen LogP contribution >= 0.6 is 0 Å². The van der Waals surface area contributed by atoms with E-state index >= 15 is 0 Å². The van der Waals surface area contributed by atoms with E-state index in [2.05, 4.69) is 9.98 Å². The Kier molecular flexibility index (Phi) is 12.6. The van der Waals surface area contributed by atoms with Crippen molar-refractivity contribution < 1.29 is 9.59 Å². The molecule has 14 heavy (non-hydrogen) atoms. The van der Waals surface area contributed by atoms with Crippen LogP contribution in [0.1, 0.15) is 12.8 Å². The Morgan fingerprint density at radius 3 is 1.64 bits per heavy atom. The third kappa shape index (κ3) is 11.8. The van der Waals surface area contributed by atoms with Crippen molar-refractivity contribution in [1.29, 1.82) is 0 Å². The standard InChI is InChI=1S/C8H12N2O2Se2/c11-7-9-3-1-5-13-14-6-2-4-10-8-12/h1-6H2. The van der Waals surface area contributed by atoms with E-state index in [9.17, 15) is 9.59 Å². The fourth-order valence-corrected chi connectivity index (χ4v) is 7.28. The summed E-state index contributed by atoms with van der Waals surface area (Å²) in [4.78, 5) is 26.4. The molecule has 0 atom stereocenters. The molecule has 0 radical (unpaired) electrons. The molecule has 0 fully saturated rings. The van der Waals surface area contributed by atoms with Crippen LogP contribution < -0.4 is 0 Å². The van der Waals surface area contributed by atoms with Crippen LogP contribution in [0.25, 0.3) is 0 Å². The second-order valence-electron chi connectivity index (χ2n) is 2.30. The molecular weight excluding hydrogens is 314 g/mol. The molecule has 0 N–H and O–H groups in total. The molecule has 0 saturated carbocycles. The van der Waals surface area contributed by atoms with Crippen LogP contribution in [0.4, 0.5) is 0 Å². The first-order valence-electron chi connectivity index (χ1n) is 4.23. The zero-order valence-electron chi connectivity index (χ0n) is 7.77. The molecule has 0 saturated heterocycles. The Hall–Kier alpha value is -0.201. The molecule has 4 nitrogen and oxygen atoms in total. The monoisotopic (exact) mass is 328 g/mol. The van der Waals surface area contributed by atoms with Gasteiger partial charge in [0, 0.05) is 0 Å². The van der Waals surface area contributed by atoms with Gasteiger partial charge < -0.3 is 0 Å². The first-order chi connectivity index (χ1) is 6.91. The average Bonchev–Trinajstić information content (AvgIpc) is 2.21. The molecule has 0 rings (SSSR count). The van der Waals surface area contributed by atoms with Gasteiger partial charge in [0.1, 0.15) is 0 Å². The van der Waals surface area contributed by atoms with Crippen molar-refractivity contribution in [3.63, 3.8) is 0 Å². The molecule has 0 unspecified atom stereocenters. The second-order valence-corrected chi connectivity index (χ2v) is 10.1. The average molecular weight is 326 g/mol. The first kappa shape index (κ1) is 13.8. The van der Waals surface area contributed by atoms with E-state index < -0.39 is 0 Å². The van der Waals surface area contributed by atoms with E-state index in [1.807, 2.05) is 0 Å². The van der Waals surface area contributed by atoms with Crippen molar-refractivity contribution in [2.45, 2.75) is 23.5 Å². The quantitative estimate of drug-likeness (QED) is 0.270. The number of aliphatic imine (C=N–C) groups is 2. The van der Waals surface area contributed by atoms with E-state index in [4.69, 9.17) is 0 Å². The van der Waals surface area contributed by atoms with Gasteiger partial charge in [-0.3, -0.25) is 0 Å². The minimum absolute atomic E-state index is 0.622. The Bertz CT molecular complexity index is 199. The molecular formula is C8H12N2O2Se2. The van der Waals surface area contributed by atoms with Gasteiger partial charge in [-0.15, -0.1) is 0 Å². The summed E-state index contributed by atoms with van der Waals surface area (Å²) in [5, 5.41) is 2.38. The molecule has 0 aliphatic carbocycles. The van der Waals surface area contributed by atoms with Crippen molar-refractivity contribution >= 4 is 38.4 Å². The summed E-state index contributed by atoms with van der Waals surface area (Å²) in [7, 11) is 0. The summed E-state index contributed by atoms with van der Waals surface area (Å²) in [6.07, 6.45) is 5.07. The SMILES string of the molecule is O=C=NCCC[Se][Se]CCCN=C=O. The van der Waals surface area contributed by atoms with E-state index in [1.54, 1.807) is 0 Å². The predicted octanol–water partition coefficient (Wildman–Crippen LogP) is 0.598. The third-order valence-electron chi connectivity index (χ3n) is 1.21. The van der Waals surface area contributed by atoms with Gasteiger partial charge in [0.25, 0.3) is 0 Å². The zero-order chi connectivity index (χ0) is 10.5. The molecule has 0 aromatic heterocycles. The molecule has 0 aliphatic rings. The van der Waals surface area contributed by atoms with Crippen LogP contribution in [0.15, 0.2) is 9.98 Å². The van der Waals surface area contributed by atoms with E-state index in [0.29, 0.717) is 39.4 Å². The Morgan fingerprint density at radius 1 is 0.857 bits per heavy atom. The number of hydrogen-bond acceptors (Lipinski definition) is 4. The number of nitrogens with zero attached hydrogens (tertiary/aromatic N) is 2. The summed E-state index contributed by atoms with van der Waals surface area (Å²) in [5.41, 5.74) is 0. The van der Waals surface area contributed by atoms with Crippen molar-refractivity contribution in [3.8, 4) is 0 Å². The molecule has 78 valence electrons. The molecule has 6 heteroatoms. The molecule has 0 aromatic rings. The number of carbonyl (C=O) groups excluding carboxylic acids is 2. The third-order valence-corrected chi connectivity index (χ3v) is 8.92. The molecule has 0 spiro atoms. The maximum atomic E-state index is 9.72.